The van der Waals surface area contributed by atoms with Crippen LogP contribution in [-0.4, -0.2) is 51.1 Å². The molecule has 0 bridgehead atoms. The van der Waals surface area contributed by atoms with Crippen LogP contribution in [0.4, 0.5) is 0 Å². The molecular formula is C20H26N4O2S. The molecule has 1 N–H and O–H groups in total. The SMILES string of the molecule is CC(=O)N1CCC(NC(=O)CSc2nccn2-c2cc(C)ccc2C)CC1. The van der Waals surface area contributed by atoms with Gasteiger partial charge in [0, 0.05) is 38.4 Å². The van der Waals surface area contributed by atoms with Gasteiger partial charge in [-0.15, -0.1) is 0 Å². The van der Waals surface area contributed by atoms with E-state index in [0.717, 1.165) is 23.7 Å². The Bertz CT molecular complexity index is 825. The topological polar surface area (TPSA) is 67.2 Å². The number of carbonyl (C=O) groups is 2. The molecule has 1 aromatic heterocycles. The van der Waals surface area contributed by atoms with E-state index >= 15 is 0 Å². The summed E-state index contributed by atoms with van der Waals surface area (Å²) in [4.78, 5) is 30.0. The predicted octanol–water partition coefficient (Wildman–Crippen LogP) is 2.71. The zero-order valence-corrected chi connectivity index (χ0v) is 16.9. The molecule has 2 heterocycles. The fourth-order valence-corrected chi connectivity index (χ4v) is 4.07. The number of hydrogen-bond acceptors (Lipinski definition) is 4. The molecule has 0 atom stereocenters. The number of aromatic nitrogens is 2. The van der Waals surface area contributed by atoms with Crippen LogP contribution in [0.25, 0.3) is 5.69 Å². The Morgan fingerprint density at radius 2 is 2.00 bits per heavy atom. The van der Waals surface area contributed by atoms with E-state index in [9.17, 15) is 9.59 Å². The minimum atomic E-state index is 0.0109. The van der Waals surface area contributed by atoms with Crippen molar-refractivity contribution in [1.82, 2.24) is 19.8 Å². The van der Waals surface area contributed by atoms with Crippen molar-refractivity contribution in [3.05, 3.63) is 41.7 Å². The van der Waals surface area contributed by atoms with Crippen molar-refractivity contribution < 1.29 is 9.59 Å². The number of nitrogens with one attached hydrogen (secondary N) is 1. The van der Waals surface area contributed by atoms with Gasteiger partial charge in [0.25, 0.3) is 0 Å². The number of likely N-dealkylation sites (tertiary alicyclic amines) is 1. The average molecular weight is 387 g/mol. The fraction of sp³-hybridized carbons (Fsp3) is 0.450. The highest BCUT2D eigenvalue weighted by atomic mass is 32.2. The normalized spacial score (nSPS) is 15.0. The van der Waals surface area contributed by atoms with Gasteiger partial charge in [-0.1, -0.05) is 23.9 Å². The van der Waals surface area contributed by atoms with Crippen LogP contribution >= 0.6 is 11.8 Å². The largest absolute Gasteiger partial charge is 0.353 e. The lowest BCUT2D eigenvalue weighted by Crippen LogP contribution is -2.46. The molecule has 1 aromatic carbocycles. The van der Waals surface area contributed by atoms with Crippen LogP contribution in [0, 0.1) is 13.8 Å². The molecule has 1 fully saturated rings. The Kier molecular flexibility index (Phi) is 6.21. The number of nitrogens with zero attached hydrogens (tertiary/aromatic N) is 3. The van der Waals surface area contributed by atoms with Gasteiger partial charge in [-0.25, -0.2) is 4.98 Å². The maximum absolute atomic E-state index is 12.3. The van der Waals surface area contributed by atoms with Crippen molar-refractivity contribution in [3.8, 4) is 5.69 Å². The number of thioether (sulfide) groups is 1. The first kappa shape index (κ1) is 19.5. The molecule has 0 aliphatic carbocycles. The van der Waals surface area contributed by atoms with E-state index in [0.29, 0.717) is 18.8 Å². The van der Waals surface area contributed by atoms with Crippen LogP contribution in [0.2, 0.25) is 0 Å². The van der Waals surface area contributed by atoms with Crippen molar-refractivity contribution in [2.24, 2.45) is 0 Å². The molecular weight excluding hydrogens is 360 g/mol. The molecule has 0 radical (unpaired) electrons. The molecule has 2 amide bonds. The summed E-state index contributed by atoms with van der Waals surface area (Å²) >= 11 is 1.44. The van der Waals surface area contributed by atoms with Gasteiger partial charge >= 0.3 is 0 Å². The molecule has 27 heavy (non-hydrogen) atoms. The molecule has 1 aliphatic heterocycles. The zero-order valence-electron chi connectivity index (χ0n) is 16.1. The summed E-state index contributed by atoms with van der Waals surface area (Å²) < 4.78 is 2.03. The summed E-state index contributed by atoms with van der Waals surface area (Å²) in [5.74, 6) is 0.444. The van der Waals surface area contributed by atoms with Gasteiger partial charge in [-0.3, -0.25) is 14.2 Å². The number of amides is 2. The summed E-state index contributed by atoms with van der Waals surface area (Å²) in [7, 11) is 0. The first-order valence-electron chi connectivity index (χ1n) is 9.22. The second kappa shape index (κ2) is 8.61. The number of piperidine rings is 1. The summed E-state index contributed by atoms with van der Waals surface area (Å²) in [5, 5.41) is 3.90. The summed E-state index contributed by atoms with van der Waals surface area (Å²) in [5.41, 5.74) is 3.45. The van der Waals surface area contributed by atoms with Gasteiger partial charge in [-0.05, 0) is 43.9 Å². The molecule has 3 rings (SSSR count). The van der Waals surface area contributed by atoms with Crippen molar-refractivity contribution in [3.63, 3.8) is 0 Å². The van der Waals surface area contributed by atoms with Gasteiger partial charge in [0.15, 0.2) is 5.16 Å². The summed E-state index contributed by atoms with van der Waals surface area (Å²) in [6.45, 7) is 7.16. The van der Waals surface area contributed by atoms with E-state index in [4.69, 9.17) is 0 Å². The third kappa shape index (κ3) is 4.91. The summed E-state index contributed by atoms with van der Waals surface area (Å²) in [6, 6.07) is 6.46. The van der Waals surface area contributed by atoms with Gasteiger partial charge in [0.1, 0.15) is 0 Å². The van der Waals surface area contributed by atoms with Crippen molar-refractivity contribution in [2.75, 3.05) is 18.8 Å². The second-order valence-corrected chi connectivity index (χ2v) is 7.95. The molecule has 0 saturated carbocycles. The fourth-order valence-electron chi connectivity index (χ4n) is 3.30. The molecule has 1 saturated heterocycles. The molecule has 1 aliphatic rings. The monoisotopic (exact) mass is 386 g/mol. The maximum atomic E-state index is 12.3. The lowest BCUT2D eigenvalue weighted by Gasteiger charge is -2.31. The minimum absolute atomic E-state index is 0.0109. The van der Waals surface area contributed by atoms with E-state index in [1.807, 2.05) is 15.7 Å². The van der Waals surface area contributed by atoms with Crippen LogP contribution in [-0.2, 0) is 9.59 Å². The second-order valence-electron chi connectivity index (χ2n) is 7.01. The molecule has 0 unspecified atom stereocenters. The standard InChI is InChI=1S/C20H26N4O2S/c1-14-4-5-15(2)18(12-14)24-11-8-21-20(24)27-13-19(26)22-17-6-9-23(10-7-17)16(3)25/h4-5,8,11-12,17H,6-7,9-10,13H2,1-3H3,(H,22,26). The Morgan fingerprint density at radius 1 is 1.26 bits per heavy atom. The lowest BCUT2D eigenvalue weighted by atomic mass is 10.1. The Hall–Kier alpha value is -2.28. The summed E-state index contributed by atoms with van der Waals surface area (Å²) in [6.07, 6.45) is 5.32. The third-order valence-corrected chi connectivity index (χ3v) is 5.84. The van der Waals surface area contributed by atoms with Crippen LogP contribution < -0.4 is 5.32 Å². The number of imidazole rings is 1. The molecule has 144 valence electrons. The maximum Gasteiger partial charge on any atom is 0.230 e. The number of rotatable bonds is 5. The van der Waals surface area contributed by atoms with Gasteiger partial charge < -0.3 is 10.2 Å². The van der Waals surface area contributed by atoms with Crippen molar-refractivity contribution >= 4 is 23.6 Å². The van der Waals surface area contributed by atoms with E-state index in [2.05, 4.69) is 42.3 Å². The minimum Gasteiger partial charge on any atom is -0.353 e. The van der Waals surface area contributed by atoms with Crippen LogP contribution in [0.1, 0.15) is 30.9 Å². The van der Waals surface area contributed by atoms with Crippen molar-refractivity contribution in [1.29, 1.82) is 0 Å². The average Bonchev–Trinajstić information content (AvgIpc) is 3.11. The molecule has 6 nitrogen and oxygen atoms in total. The number of aryl methyl sites for hydroxylation is 2. The predicted molar refractivity (Wildman–Crippen MR) is 107 cm³/mol. The van der Waals surface area contributed by atoms with Gasteiger partial charge in [-0.2, -0.15) is 0 Å². The first-order valence-corrected chi connectivity index (χ1v) is 10.2. The highest BCUT2D eigenvalue weighted by Crippen LogP contribution is 2.23. The molecule has 2 aromatic rings. The van der Waals surface area contributed by atoms with E-state index < -0.39 is 0 Å². The van der Waals surface area contributed by atoms with Crippen LogP contribution in [0.15, 0.2) is 35.7 Å². The lowest BCUT2D eigenvalue weighted by molar-refractivity contribution is -0.130. The Balaban J connectivity index is 1.55. The van der Waals surface area contributed by atoms with E-state index in [-0.39, 0.29) is 17.9 Å². The van der Waals surface area contributed by atoms with Crippen molar-refractivity contribution in [2.45, 2.75) is 44.8 Å². The highest BCUT2D eigenvalue weighted by molar-refractivity contribution is 7.99. The van der Waals surface area contributed by atoms with Gasteiger partial charge in [0.05, 0.1) is 11.4 Å². The zero-order chi connectivity index (χ0) is 19.4. The van der Waals surface area contributed by atoms with Crippen LogP contribution in [0.5, 0.6) is 0 Å². The number of hydrogen-bond donors (Lipinski definition) is 1. The van der Waals surface area contributed by atoms with E-state index in [1.54, 1.807) is 13.1 Å². The third-order valence-electron chi connectivity index (χ3n) is 4.87. The van der Waals surface area contributed by atoms with Crippen LogP contribution in [0.3, 0.4) is 0 Å². The molecule has 0 spiro atoms. The smallest absolute Gasteiger partial charge is 0.230 e. The quantitative estimate of drug-likeness (QED) is 0.803. The number of carbonyl (C=O) groups excluding carboxylic acids is 2. The van der Waals surface area contributed by atoms with Gasteiger partial charge in [0.2, 0.25) is 11.8 Å². The number of benzene rings is 1. The van der Waals surface area contributed by atoms with E-state index in [1.165, 1.54) is 22.9 Å². The molecule has 7 heteroatoms. The first-order chi connectivity index (χ1) is 12.9. The Labute approximate surface area is 164 Å². The Morgan fingerprint density at radius 3 is 2.70 bits per heavy atom. The highest BCUT2D eigenvalue weighted by Gasteiger charge is 2.22.